The molecule has 2 aromatic carbocycles. The molecule has 0 spiro atoms. The zero-order valence-electron chi connectivity index (χ0n) is 12.9. The minimum absolute atomic E-state index is 0.227. The summed E-state index contributed by atoms with van der Waals surface area (Å²) in [6, 6.07) is 13.7. The van der Waals surface area contributed by atoms with Crippen molar-refractivity contribution in [2.45, 2.75) is 24.3 Å². The molecule has 0 aromatic heterocycles. The molecule has 5 nitrogen and oxygen atoms in total. The van der Waals surface area contributed by atoms with Gasteiger partial charge in [-0.2, -0.15) is 0 Å². The molecule has 0 saturated carbocycles. The average molecular weight is 333 g/mol. The number of fused-ring (bicyclic) bond motifs is 1. The standard InChI is InChI=1S/C17H19NO4S/c1-2-21-13-7-9-14(10-8-13)23(19,20)18-16-11-12-22-17-6-4-3-5-15(16)17/h3-10,16,18H,2,11-12H2,1H3. The van der Waals surface area contributed by atoms with Gasteiger partial charge in [0.2, 0.25) is 10.0 Å². The smallest absolute Gasteiger partial charge is 0.241 e. The topological polar surface area (TPSA) is 64.6 Å². The summed E-state index contributed by atoms with van der Waals surface area (Å²) in [7, 11) is -3.60. The Morgan fingerprint density at radius 3 is 2.65 bits per heavy atom. The van der Waals surface area contributed by atoms with Crippen molar-refractivity contribution in [3.8, 4) is 11.5 Å². The van der Waals surface area contributed by atoms with Gasteiger partial charge in [0.1, 0.15) is 11.5 Å². The maximum Gasteiger partial charge on any atom is 0.241 e. The van der Waals surface area contributed by atoms with Crippen LogP contribution in [0.2, 0.25) is 0 Å². The summed E-state index contributed by atoms with van der Waals surface area (Å²) >= 11 is 0. The van der Waals surface area contributed by atoms with Gasteiger partial charge in [-0.25, -0.2) is 13.1 Å². The maximum atomic E-state index is 12.6. The molecule has 1 aliphatic heterocycles. The Balaban J connectivity index is 1.82. The SMILES string of the molecule is CCOc1ccc(S(=O)(=O)NC2CCOc3ccccc32)cc1. The largest absolute Gasteiger partial charge is 0.494 e. The fraction of sp³-hybridized carbons (Fsp3) is 0.294. The van der Waals surface area contributed by atoms with Gasteiger partial charge in [0.15, 0.2) is 0 Å². The van der Waals surface area contributed by atoms with E-state index in [0.29, 0.717) is 25.4 Å². The van der Waals surface area contributed by atoms with Gasteiger partial charge in [0, 0.05) is 12.0 Å². The highest BCUT2D eigenvalue weighted by atomic mass is 32.2. The van der Waals surface area contributed by atoms with E-state index in [1.807, 2.05) is 31.2 Å². The number of ether oxygens (including phenoxy) is 2. The van der Waals surface area contributed by atoms with E-state index in [1.165, 1.54) is 0 Å². The van der Waals surface area contributed by atoms with Crippen molar-refractivity contribution in [1.82, 2.24) is 4.72 Å². The Morgan fingerprint density at radius 2 is 1.91 bits per heavy atom. The van der Waals surface area contributed by atoms with Crippen molar-refractivity contribution in [2.75, 3.05) is 13.2 Å². The minimum Gasteiger partial charge on any atom is -0.494 e. The maximum absolute atomic E-state index is 12.6. The van der Waals surface area contributed by atoms with E-state index in [1.54, 1.807) is 24.3 Å². The predicted octanol–water partition coefficient (Wildman–Crippen LogP) is 2.89. The molecule has 1 N–H and O–H groups in total. The van der Waals surface area contributed by atoms with E-state index in [0.717, 1.165) is 11.3 Å². The van der Waals surface area contributed by atoms with Crippen molar-refractivity contribution >= 4 is 10.0 Å². The minimum atomic E-state index is -3.60. The quantitative estimate of drug-likeness (QED) is 0.914. The number of sulfonamides is 1. The van der Waals surface area contributed by atoms with Crippen LogP contribution in [0.15, 0.2) is 53.4 Å². The number of para-hydroxylation sites is 1. The van der Waals surface area contributed by atoms with Gasteiger partial charge in [-0.1, -0.05) is 18.2 Å². The molecule has 1 unspecified atom stereocenters. The number of rotatable bonds is 5. The predicted molar refractivity (Wildman–Crippen MR) is 87.2 cm³/mol. The van der Waals surface area contributed by atoms with Gasteiger partial charge in [0.25, 0.3) is 0 Å². The second kappa shape index (κ2) is 6.60. The molecule has 23 heavy (non-hydrogen) atoms. The normalized spacial score (nSPS) is 17.2. The average Bonchev–Trinajstić information content (AvgIpc) is 2.56. The summed E-state index contributed by atoms with van der Waals surface area (Å²) in [5.41, 5.74) is 0.869. The number of hydrogen-bond acceptors (Lipinski definition) is 4. The molecular formula is C17H19NO4S. The van der Waals surface area contributed by atoms with Crippen LogP contribution in [0.5, 0.6) is 11.5 Å². The van der Waals surface area contributed by atoms with Gasteiger partial charge in [-0.15, -0.1) is 0 Å². The van der Waals surface area contributed by atoms with E-state index in [9.17, 15) is 8.42 Å². The second-order valence-electron chi connectivity index (χ2n) is 5.25. The summed E-state index contributed by atoms with van der Waals surface area (Å²) in [4.78, 5) is 0.227. The molecule has 1 aliphatic rings. The van der Waals surface area contributed by atoms with Gasteiger partial charge in [0.05, 0.1) is 24.2 Å². The lowest BCUT2D eigenvalue weighted by molar-refractivity contribution is 0.263. The third-order valence-corrected chi connectivity index (χ3v) is 5.19. The first-order valence-corrected chi connectivity index (χ1v) is 9.05. The van der Waals surface area contributed by atoms with E-state index >= 15 is 0 Å². The molecule has 6 heteroatoms. The molecule has 0 saturated heterocycles. The summed E-state index contributed by atoms with van der Waals surface area (Å²) < 4.78 is 38.8. The van der Waals surface area contributed by atoms with Crippen LogP contribution in [0.1, 0.15) is 24.9 Å². The van der Waals surface area contributed by atoms with Crippen molar-refractivity contribution in [3.05, 3.63) is 54.1 Å². The molecule has 122 valence electrons. The van der Waals surface area contributed by atoms with Crippen LogP contribution in [-0.2, 0) is 10.0 Å². The molecule has 0 fully saturated rings. The summed E-state index contributed by atoms with van der Waals surface area (Å²) in [5, 5.41) is 0. The summed E-state index contributed by atoms with van der Waals surface area (Å²) in [5.74, 6) is 1.39. The number of benzene rings is 2. The van der Waals surface area contributed by atoms with Gasteiger partial charge >= 0.3 is 0 Å². The highest BCUT2D eigenvalue weighted by Crippen LogP contribution is 2.32. The van der Waals surface area contributed by atoms with Crippen LogP contribution in [0, 0.1) is 0 Å². The molecule has 0 amide bonds. The summed E-state index contributed by atoms with van der Waals surface area (Å²) in [6.45, 7) is 2.92. The lowest BCUT2D eigenvalue weighted by atomic mass is 10.0. The van der Waals surface area contributed by atoms with Crippen molar-refractivity contribution in [3.63, 3.8) is 0 Å². The third-order valence-electron chi connectivity index (χ3n) is 3.70. The highest BCUT2D eigenvalue weighted by Gasteiger charge is 2.26. The lowest BCUT2D eigenvalue weighted by Gasteiger charge is -2.26. The molecule has 2 aromatic rings. The van der Waals surface area contributed by atoms with E-state index in [-0.39, 0.29) is 10.9 Å². The summed E-state index contributed by atoms with van der Waals surface area (Å²) in [6.07, 6.45) is 0.604. The van der Waals surface area contributed by atoms with Gasteiger partial charge in [-0.3, -0.25) is 0 Å². The van der Waals surface area contributed by atoms with Crippen LogP contribution in [0.4, 0.5) is 0 Å². The second-order valence-corrected chi connectivity index (χ2v) is 6.97. The fourth-order valence-electron chi connectivity index (χ4n) is 2.60. The Kier molecular flexibility index (Phi) is 4.54. The van der Waals surface area contributed by atoms with Crippen LogP contribution < -0.4 is 14.2 Å². The van der Waals surface area contributed by atoms with Crippen LogP contribution in [0.3, 0.4) is 0 Å². The molecule has 0 aliphatic carbocycles. The fourth-order valence-corrected chi connectivity index (χ4v) is 3.85. The Morgan fingerprint density at radius 1 is 1.17 bits per heavy atom. The lowest BCUT2D eigenvalue weighted by Crippen LogP contribution is -2.32. The zero-order chi connectivity index (χ0) is 16.3. The van der Waals surface area contributed by atoms with Crippen LogP contribution in [-0.4, -0.2) is 21.6 Å². The Bertz CT molecular complexity index is 771. The monoisotopic (exact) mass is 333 g/mol. The zero-order valence-corrected chi connectivity index (χ0v) is 13.7. The Hall–Kier alpha value is -2.05. The van der Waals surface area contributed by atoms with Crippen LogP contribution >= 0.6 is 0 Å². The van der Waals surface area contributed by atoms with Crippen LogP contribution in [0.25, 0.3) is 0 Å². The first-order valence-electron chi connectivity index (χ1n) is 7.57. The van der Waals surface area contributed by atoms with E-state index in [2.05, 4.69) is 4.72 Å². The van der Waals surface area contributed by atoms with E-state index < -0.39 is 10.0 Å². The number of nitrogens with one attached hydrogen (secondary N) is 1. The van der Waals surface area contributed by atoms with E-state index in [4.69, 9.17) is 9.47 Å². The highest BCUT2D eigenvalue weighted by molar-refractivity contribution is 7.89. The van der Waals surface area contributed by atoms with Gasteiger partial charge in [-0.05, 0) is 37.3 Å². The number of hydrogen-bond donors (Lipinski definition) is 1. The van der Waals surface area contributed by atoms with Crippen molar-refractivity contribution in [1.29, 1.82) is 0 Å². The first kappa shape index (κ1) is 15.8. The van der Waals surface area contributed by atoms with Crippen molar-refractivity contribution in [2.24, 2.45) is 0 Å². The van der Waals surface area contributed by atoms with Crippen molar-refractivity contribution < 1.29 is 17.9 Å². The third kappa shape index (κ3) is 3.48. The Labute approximate surface area is 136 Å². The molecule has 0 bridgehead atoms. The molecular weight excluding hydrogens is 314 g/mol. The molecule has 0 radical (unpaired) electrons. The molecule has 3 rings (SSSR count). The molecule has 1 atom stereocenters. The first-order chi connectivity index (χ1) is 11.1. The van der Waals surface area contributed by atoms with Gasteiger partial charge < -0.3 is 9.47 Å². The molecule has 1 heterocycles.